The van der Waals surface area contributed by atoms with E-state index in [1.54, 1.807) is 24.1 Å². The summed E-state index contributed by atoms with van der Waals surface area (Å²) in [6.07, 6.45) is -2.45. The molecule has 14 heteroatoms. The number of nitrogens with one attached hydrogen (secondary N) is 1. The second-order valence-electron chi connectivity index (χ2n) is 10.8. The Morgan fingerprint density at radius 2 is 1.76 bits per heavy atom. The first-order valence-electron chi connectivity index (χ1n) is 13.1. The van der Waals surface area contributed by atoms with Gasteiger partial charge < -0.3 is 4.90 Å². The predicted molar refractivity (Wildman–Crippen MR) is 150 cm³/mol. The molecule has 41 heavy (non-hydrogen) atoms. The Labute approximate surface area is 247 Å². The Balaban J connectivity index is 1.47. The van der Waals surface area contributed by atoms with Crippen LogP contribution in [0.3, 0.4) is 0 Å². The zero-order chi connectivity index (χ0) is 30.1. The number of hydrogen-bond acceptors (Lipinski definition) is 5. The Hall–Kier alpha value is -1.96. The monoisotopic (exact) mass is 638 g/mol. The first kappa shape index (κ1) is 32.0. The van der Waals surface area contributed by atoms with E-state index >= 15 is 0 Å². The summed E-state index contributed by atoms with van der Waals surface area (Å²) >= 11 is 12.4. The van der Waals surface area contributed by atoms with Gasteiger partial charge in [0.1, 0.15) is 5.82 Å². The van der Waals surface area contributed by atoms with E-state index in [0.29, 0.717) is 54.6 Å². The van der Waals surface area contributed by atoms with E-state index in [-0.39, 0.29) is 37.0 Å². The first-order valence-corrected chi connectivity index (χ1v) is 15.7. The molecule has 0 spiro atoms. The van der Waals surface area contributed by atoms with Crippen LogP contribution in [0.5, 0.6) is 0 Å². The van der Waals surface area contributed by atoms with Gasteiger partial charge in [0.05, 0.1) is 28.4 Å². The van der Waals surface area contributed by atoms with Gasteiger partial charge in [0.2, 0.25) is 15.9 Å². The second-order valence-corrected chi connectivity index (χ2v) is 13.4. The number of carbonyl (C=O) groups is 1. The second kappa shape index (κ2) is 12.7. The molecule has 4 rings (SSSR count). The zero-order valence-corrected chi connectivity index (χ0v) is 24.9. The van der Waals surface area contributed by atoms with E-state index in [0.717, 1.165) is 24.0 Å². The third kappa shape index (κ3) is 8.32. The van der Waals surface area contributed by atoms with Crippen molar-refractivity contribution in [1.29, 1.82) is 0 Å². The van der Waals surface area contributed by atoms with Crippen LogP contribution < -0.4 is 4.72 Å². The molecule has 2 saturated heterocycles. The number of amides is 1. The topological polar surface area (TPSA) is 73.0 Å². The quantitative estimate of drug-likeness (QED) is 0.428. The van der Waals surface area contributed by atoms with Crippen molar-refractivity contribution in [3.8, 4) is 0 Å². The third-order valence-corrected chi connectivity index (χ3v) is 9.18. The van der Waals surface area contributed by atoms with Gasteiger partial charge in [-0.05, 0) is 55.3 Å². The molecule has 2 aliphatic rings. The van der Waals surface area contributed by atoms with Gasteiger partial charge in [0, 0.05) is 50.7 Å². The molecule has 1 N–H and O–H groups in total. The van der Waals surface area contributed by atoms with E-state index < -0.39 is 27.6 Å². The summed E-state index contributed by atoms with van der Waals surface area (Å²) in [4.78, 5) is 19.0. The highest BCUT2D eigenvalue weighted by molar-refractivity contribution is 7.88. The number of likely N-dealkylation sites (N-methyl/N-ethyl adjacent to an activating group) is 1. The number of likely N-dealkylation sites (tertiary alicyclic amines) is 2. The largest absolute Gasteiger partial charge is 0.419 e. The fourth-order valence-corrected chi connectivity index (χ4v) is 6.75. The van der Waals surface area contributed by atoms with Gasteiger partial charge in [0.25, 0.3) is 0 Å². The number of sulfonamides is 1. The van der Waals surface area contributed by atoms with Crippen LogP contribution in [0.25, 0.3) is 0 Å². The van der Waals surface area contributed by atoms with Crippen molar-refractivity contribution >= 4 is 39.1 Å². The van der Waals surface area contributed by atoms with Gasteiger partial charge in [-0.15, -0.1) is 0 Å². The third-order valence-electron chi connectivity index (χ3n) is 7.68. The minimum Gasteiger partial charge on any atom is -0.339 e. The van der Waals surface area contributed by atoms with Crippen LogP contribution in [0.2, 0.25) is 10.0 Å². The molecule has 2 aliphatic heterocycles. The van der Waals surface area contributed by atoms with Crippen LogP contribution in [0.15, 0.2) is 36.4 Å². The van der Waals surface area contributed by atoms with Crippen LogP contribution in [-0.2, 0) is 27.5 Å². The molecule has 0 aliphatic carbocycles. The fourth-order valence-electron chi connectivity index (χ4n) is 5.60. The average Bonchev–Trinajstić information content (AvgIpc) is 3.31. The van der Waals surface area contributed by atoms with Gasteiger partial charge in [-0.3, -0.25) is 14.6 Å². The van der Waals surface area contributed by atoms with Crippen LogP contribution >= 0.6 is 23.2 Å². The maximum Gasteiger partial charge on any atom is 0.419 e. The minimum atomic E-state index is -4.78. The molecule has 2 atom stereocenters. The number of carbonyl (C=O) groups excluding carboxylic acids is 1. The Bertz CT molecular complexity index is 1370. The van der Waals surface area contributed by atoms with Crippen LogP contribution in [0, 0.1) is 5.82 Å². The molecule has 2 fully saturated rings. The lowest BCUT2D eigenvalue weighted by Gasteiger charge is -2.32. The van der Waals surface area contributed by atoms with Gasteiger partial charge in [-0.1, -0.05) is 35.3 Å². The summed E-state index contributed by atoms with van der Waals surface area (Å²) in [5, 5.41) is 0.756. The van der Waals surface area contributed by atoms with Crippen molar-refractivity contribution in [2.24, 2.45) is 0 Å². The minimum absolute atomic E-state index is 0.0824. The summed E-state index contributed by atoms with van der Waals surface area (Å²) in [5.74, 6) is -1.59. The van der Waals surface area contributed by atoms with Gasteiger partial charge in [-0.2, -0.15) is 13.2 Å². The lowest BCUT2D eigenvalue weighted by atomic mass is 9.93. The normalized spacial score (nSPS) is 21.1. The molecule has 1 amide bonds. The van der Waals surface area contributed by atoms with Gasteiger partial charge in [0.15, 0.2) is 0 Å². The first-order chi connectivity index (χ1) is 19.1. The number of nitrogens with zero attached hydrogens (tertiary/aromatic N) is 3. The highest BCUT2D eigenvalue weighted by atomic mass is 35.5. The van der Waals surface area contributed by atoms with Crippen LogP contribution in [0.1, 0.15) is 35.4 Å². The van der Waals surface area contributed by atoms with E-state index in [2.05, 4.69) is 4.72 Å². The van der Waals surface area contributed by atoms with Crippen molar-refractivity contribution in [3.05, 3.63) is 69.0 Å². The molecule has 0 aromatic heterocycles. The molecule has 2 aromatic rings. The predicted octanol–water partition coefficient (Wildman–Crippen LogP) is 4.59. The van der Waals surface area contributed by atoms with Gasteiger partial charge >= 0.3 is 6.18 Å². The van der Waals surface area contributed by atoms with E-state index in [4.69, 9.17) is 23.2 Å². The molecular weight excluding hydrogens is 607 g/mol. The smallest absolute Gasteiger partial charge is 0.339 e. The maximum absolute atomic E-state index is 14.2. The van der Waals surface area contributed by atoms with E-state index in [1.807, 2.05) is 15.9 Å². The maximum atomic E-state index is 14.2. The zero-order valence-electron chi connectivity index (χ0n) is 22.6. The van der Waals surface area contributed by atoms with Crippen molar-refractivity contribution in [2.75, 3.05) is 46.0 Å². The number of benzene rings is 2. The Morgan fingerprint density at radius 1 is 1.07 bits per heavy atom. The highest BCUT2D eigenvalue weighted by Crippen LogP contribution is 2.36. The molecule has 0 saturated carbocycles. The lowest BCUT2D eigenvalue weighted by molar-refractivity contribution is -0.140. The van der Waals surface area contributed by atoms with Crippen LogP contribution in [0.4, 0.5) is 17.6 Å². The number of hydrogen-bond donors (Lipinski definition) is 1. The SMILES string of the molecule is CN(Cc1ccc(C(F)(F)F)c(F)c1)C1CN(C(=O)CN2CCC(NS(C)(=O)=O)CC2)C[C@@H]1c1ccc(Cl)c(Cl)c1. The van der Waals surface area contributed by atoms with Crippen LogP contribution in [-0.4, -0.2) is 87.1 Å². The molecule has 0 radical (unpaired) electrons. The van der Waals surface area contributed by atoms with Crippen molar-refractivity contribution in [1.82, 2.24) is 19.4 Å². The average molecular weight is 640 g/mol. The molecule has 0 bridgehead atoms. The highest BCUT2D eigenvalue weighted by Gasteiger charge is 2.39. The van der Waals surface area contributed by atoms with Crippen molar-refractivity contribution in [3.63, 3.8) is 0 Å². The molecular formula is C27H32Cl2F4N4O3S. The Morgan fingerprint density at radius 3 is 2.34 bits per heavy atom. The van der Waals surface area contributed by atoms with Crippen molar-refractivity contribution < 1.29 is 30.8 Å². The van der Waals surface area contributed by atoms with Gasteiger partial charge in [-0.25, -0.2) is 17.5 Å². The molecule has 2 heterocycles. The Kier molecular flexibility index (Phi) is 9.92. The summed E-state index contributed by atoms with van der Waals surface area (Å²) in [7, 11) is -1.51. The number of piperidine rings is 1. The van der Waals surface area contributed by atoms with Crippen molar-refractivity contribution in [2.45, 2.75) is 43.6 Å². The molecule has 226 valence electrons. The van der Waals surface area contributed by atoms with E-state index in [1.165, 1.54) is 6.07 Å². The summed E-state index contributed by atoms with van der Waals surface area (Å²) < 4.78 is 79.0. The summed E-state index contributed by atoms with van der Waals surface area (Å²) in [6, 6.07) is 7.78. The standard InChI is InChI=1S/C27H32Cl2F4N4O3S/c1-35(13-17-3-5-21(24(30)11-17)27(31,32)33)25-15-37(14-20(25)18-4-6-22(28)23(29)12-18)26(38)16-36-9-7-19(8-10-36)34-41(2,39)40/h3-6,11-12,19-20,25,34H,7-10,13-16H2,1-2H3/t20-,25?/m1/s1. The fraction of sp³-hybridized carbons (Fsp3) is 0.519. The lowest BCUT2D eigenvalue weighted by Crippen LogP contribution is -2.48. The van der Waals surface area contributed by atoms with E-state index in [9.17, 15) is 30.8 Å². The summed E-state index contributed by atoms with van der Waals surface area (Å²) in [5.41, 5.74) is -0.0783. The number of halogens is 6. The molecule has 2 aromatic carbocycles. The molecule has 1 unspecified atom stereocenters. The summed E-state index contributed by atoms with van der Waals surface area (Å²) in [6.45, 7) is 2.24. The number of alkyl halides is 3. The number of rotatable bonds is 8. The molecule has 7 nitrogen and oxygen atoms in total.